The van der Waals surface area contributed by atoms with E-state index in [-0.39, 0.29) is 11.5 Å². The van der Waals surface area contributed by atoms with E-state index in [4.69, 9.17) is 4.74 Å². The van der Waals surface area contributed by atoms with Crippen LogP contribution < -0.4 is 0 Å². The number of hydrogen-bond donors (Lipinski definition) is 0. The van der Waals surface area contributed by atoms with Gasteiger partial charge in [-0.15, -0.1) is 0 Å². The van der Waals surface area contributed by atoms with Crippen LogP contribution in [0.2, 0.25) is 0 Å². The largest absolute Gasteiger partial charge is 0.371 e. The van der Waals surface area contributed by atoms with Crippen molar-refractivity contribution in [3.8, 4) is 0 Å². The molecule has 0 spiro atoms. The van der Waals surface area contributed by atoms with Crippen LogP contribution in [0.4, 0.5) is 0 Å². The summed E-state index contributed by atoms with van der Waals surface area (Å²) in [5.74, 6) is 0. The molecule has 1 unspecified atom stereocenters. The van der Waals surface area contributed by atoms with Crippen LogP contribution in [0, 0.1) is 10.1 Å². The molecule has 1 saturated heterocycles. The molecule has 0 N–H and O–H groups in total. The van der Waals surface area contributed by atoms with Crippen LogP contribution in [0.15, 0.2) is 0 Å². The smallest absolute Gasteiger partial charge is 0.291 e. The van der Waals surface area contributed by atoms with Crippen LogP contribution in [-0.2, 0) is 4.74 Å². The molecule has 1 rings (SSSR count). The molecule has 1 aliphatic rings. The van der Waals surface area contributed by atoms with E-state index in [1.807, 2.05) is 0 Å². The average molecular weight is 146 g/mol. The van der Waals surface area contributed by atoms with E-state index < -0.39 is 6.17 Å². The maximum atomic E-state index is 10.2. The van der Waals surface area contributed by atoms with Crippen LogP contribution in [0.1, 0.15) is 0 Å². The minimum absolute atomic E-state index is 0.212. The van der Waals surface area contributed by atoms with Gasteiger partial charge in [0.25, 0.3) is 6.17 Å². The van der Waals surface area contributed by atoms with Gasteiger partial charge in [-0.05, 0) is 7.05 Å². The van der Waals surface area contributed by atoms with Crippen LogP contribution >= 0.6 is 0 Å². The van der Waals surface area contributed by atoms with E-state index in [1.54, 1.807) is 11.9 Å². The zero-order valence-corrected chi connectivity index (χ0v) is 5.82. The van der Waals surface area contributed by atoms with Gasteiger partial charge in [0.15, 0.2) is 0 Å². The molecule has 0 radical (unpaired) electrons. The van der Waals surface area contributed by atoms with Gasteiger partial charge < -0.3 is 4.74 Å². The van der Waals surface area contributed by atoms with E-state index in [1.165, 1.54) is 0 Å². The van der Waals surface area contributed by atoms with Gasteiger partial charge in [-0.1, -0.05) is 0 Å². The van der Waals surface area contributed by atoms with E-state index in [9.17, 15) is 10.1 Å². The molecule has 10 heavy (non-hydrogen) atoms. The molecule has 0 amide bonds. The summed E-state index contributed by atoms with van der Waals surface area (Å²) in [6.07, 6.45) is -0.645. The first kappa shape index (κ1) is 7.43. The van der Waals surface area contributed by atoms with E-state index in [0.29, 0.717) is 13.2 Å². The second-order valence-electron chi connectivity index (χ2n) is 2.32. The summed E-state index contributed by atoms with van der Waals surface area (Å²) in [5.41, 5.74) is 0. The number of nitrogens with zero attached hydrogens (tertiary/aromatic N) is 2. The van der Waals surface area contributed by atoms with Crippen molar-refractivity contribution in [1.82, 2.24) is 4.90 Å². The molecular formula is C5H10N2O3. The van der Waals surface area contributed by atoms with Crippen molar-refractivity contribution >= 4 is 0 Å². The van der Waals surface area contributed by atoms with Crippen molar-refractivity contribution in [3.05, 3.63) is 10.1 Å². The van der Waals surface area contributed by atoms with Gasteiger partial charge in [-0.2, -0.15) is 0 Å². The summed E-state index contributed by atoms with van der Waals surface area (Å²) in [6.45, 7) is 1.45. The Morgan fingerprint density at radius 1 is 1.80 bits per heavy atom. The second-order valence-corrected chi connectivity index (χ2v) is 2.32. The summed E-state index contributed by atoms with van der Waals surface area (Å²) in [4.78, 5) is 11.6. The molecule has 1 heterocycles. The molecule has 58 valence electrons. The first-order valence-electron chi connectivity index (χ1n) is 3.13. The standard InChI is InChI=1S/C5H10N2O3/c1-6-2-3-10-4-5(6)7(8)9/h5H,2-4H2,1H3. The lowest BCUT2D eigenvalue weighted by Gasteiger charge is -2.25. The van der Waals surface area contributed by atoms with Gasteiger partial charge in [-0.3, -0.25) is 10.1 Å². The molecule has 0 aliphatic carbocycles. The Kier molecular flexibility index (Phi) is 2.18. The summed E-state index contributed by atoms with van der Waals surface area (Å²) in [7, 11) is 1.73. The van der Waals surface area contributed by atoms with Crippen LogP contribution in [0.25, 0.3) is 0 Å². The van der Waals surface area contributed by atoms with Gasteiger partial charge in [-0.25, -0.2) is 4.90 Å². The molecule has 0 aromatic carbocycles. The molecule has 5 heteroatoms. The Morgan fingerprint density at radius 2 is 2.50 bits per heavy atom. The monoisotopic (exact) mass is 146 g/mol. The highest BCUT2D eigenvalue weighted by atomic mass is 16.6. The van der Waals surface area contributed by atoms with Gasteiger partial charge >= 0.3 is 0 Å². The first-order chi connectivity index (χ1) is 4.72. The lowest BCUT2D eigenvalue weighted by molar-refractivity contribution is -0.557. The summed E-state index contributed by atoms with van der Waals surface area (Å²) < 4.78 is 4.93. The normalized spacial score (nSPS) is 28.3. The fourth-order valence-electron chi connectivity index (χ4n) is 0.895. The van der Waals surface area contributed by atoms with Crippen molar-refractivity contribution in [3.63, 3.8) is 0 Å². The second kappa shape index (κ2) is 2.94. The van der Waals surface area contributed by atoms with Gasteiger partial charge in [0.05, 0.1) is 6.61 Å². The lowest BCUT2D eigenvalue weighted by atomic mass is 10.4. The van der Waals surface area contributed by atoms with E-state index in [0.717, 1.165) is 0 Å². The third-order valence-electron chi connectivity index (χ3n) is 1.61. The number of ether oxygens (including phenoxy) is 1. The predicted octanol–water partition coefficient (Wildman–Crippen LogP) is -0.449. The molecule has 1 fully saturated rings. The Morgan fingerprint density at radius 3 is 2.90 bits per heavy atom. The average Bonchev–Trinajstić information content (AvgIpc) is 1.88. The molecule has 1 aliphatic heterocycles. The molecule has 0 aromatic heterocycles. The molecule has 5 nitrogen and oxygen atoms in total. The Balaban J connectivity index is 2.47. The molecule has 0 bridgehead atoms. The zero-order chi connectivity index (χ0) is 7.56. The van der Waals surface area contributed by atoms with Crippen LogP contribution in [0.3, 0.4) is 0 Å². The highest BCUT2D eigenvalue weighted by Crippen LogP contribution is 2.03. The van der Waals surface area contributed by atoms with Crippen molar-refractivity contribution in [2.75, 3.05) is 26.8 Å². The zero-order valence-electron chi connectivity index (χ0n) is 5.82. The van der Waals surface area contributed by atoms with Gasteiger partial charge in [0, 0.05) is 11.5 Å². The van der Waals surface area contributed by atoms with Crippen LogP contribution in [-0.4, -0.2) is 42.8 Å². The molecule has 0 aromatic rings. The molecule has 1 atom stereocenters. The molecular weight excluding hydrogens is 136 g/mol. The SMILES string of the molecule is CN1CCOCC1[N+](=O)[O-]. The van der Waals surface area contributed by atoms with Crippen molar-refractivity contribution < 1.29 is 9.66 Å². The highest BCUT2D eigenvalue weighted by molar-refractivity contribution is 4.61. The van der Waals surface area contributed by atoms with Crippen molar-refractivity contribution in [1.29, 1.82) is 0 Å². The number of hydrogen-bond acceptors (Lipinski definition) is 4. The highest BCUT2D eigenvalue weighted by Gasteiger charge is 2.28. The third kappa shape index (κ3) is 1.43. The lowest BCUT2D eigenvalue weighted by Crippen LogP contribution is -2.47. The fraction of sp³-hybridized carbons (Fsp3) is 1.00. The van der Waals surface area contributed by atoms with Crippen molar-refractivity contribution in [2.24, 2.45) is 0 Å². The van der Waals surface area contributed by atoms with E-state index >= 15 is 0 Å². The minimum Gasteiger partial charge on any atom is -0.371 e. The van der Waals surface area contributed by atoms with Crippen LogP contribution in [0.5, 0.6) is 0 Å². The van der Waals surface area contributed by atoms with Crippen molar-refractivity contribution in [2.45, 2.75) is 6.17 Å². The predicted molar refractivity (Wildman–Crippen MR) is 34.2 cm³/mol. The summed E-state index contributed by atoms with van der Waals surface area (Å²) >= 11 is 0. The number of morpholine rings is 1. The third-order valence-corrected chi connectivity index (χ3v) is 1.61. The molecule has 0 saturated carbocycles. The summed E-state index contributed by atoms with van der Waals surface area (Å²) in [6, 6.07) is 0. The maximum Gasteiger partial charge on any atom is 0.291 e. The Labute approximate surface area is 58.7 Å². The fourth-order valence-corrected chi connectivity index (χ4v) is 0.895. The maximum absolute atomic E-state index is 10.2. The first-order valence-corrected chi connectivity index (χ1v) is 3.13. The number of rotatable bonds is 1. The minimum atomic E-state index is -0.645. The Bertz CT molecular complexity index is 139. The Hall–Kier alpha value is -0.680. The topological polar surface area (TPSA) is 55.6 Å². The quantitative estimate of drug-likeness (QED) is 0.371. The van der Waals surface area contributed by atoms with E-state index in [2.05, 4.69) is 0 Å². The van der Waals surface area contributed by atoms with Gasteiger partial charge in [0.2, 0.25) is 0 Å². The van der Waals surface area contributed by atoms with Gasteiger partial charge in [0.1, 0.15) is 6.61 Å². The number of likely N-dealkylation sites (N-methyl/N-ethyl adjacent to an activating group) is 1. The number of nitro groups is 1. The summed E-state index contributed by atoms with van der Waals surface area (Å²) in [5, 5.41) is 10.2.